The van der Waals surface area contributed by atoms with E-state index in [2.05, 4.69) is 15.3 Å². The molecule has 0 fully saturated rings. The first-order valence-corrected chi connectivity index (χ1v) is 11.9. The molecule has 0 aliphatic rings. The van der Waals surface area contributed by atoms with Crippen LogP contribution in [0, 0.1) is 0 Å². The molecule has 0 radical (unpaired) electrons. The first-order valence-electron chi connectivity index (χ1n) is 10.9. The van der Waals surface area contributed by atoms with Gasteiger partial charge in [-0.2, -0.15) is 13.2 Å². The van der Waals surface area contributed by atoms with Gasteiger partial charge in [0.1, 0.15) is 0 Å². The number of nitrogens with zero attached hydrogens (tertiary/aromatic N) is 3. The smallest absolute Gasteiger partial charge is 0.306 e. The van der Waals surface area contributed by atoms with Gasteiger partial charge in [-0.3, -0.25) is 9.78 Å². The number of halogens is 3. The third-order valence-corrected chi connectivity index (χ3v) is 6.08. The zero-order valence-electron chi connectivity index (χ0n) is 18.7. The SMILES string of the molecule is O=C(N(C[C@@H](Cc1ccccc1)NCc1cscn1)c1cccc(-c2ccncc2)c1)C(F)(F)F. The van der Waals surface area contributed by atoms with Gasteiger partial charge in [-0.15, -0.1) is 11.3 Å². The molecule has 1 N–H and O–H groups in total. The summed E-state index contributed by atoms with van der Waals surface area (Å²) < 4.78 is 41.0. The predicted molar refractivity (Wildman–Crippen MR) is 131 cm³/mol. The second kappa shape index (κ2) is 11.2. The summed E-state index contributed by atoms with van der Waals surface area (Å²) in [5.74, 6) is -1.90. The monoisotopic (exact) mass is 496 g/mol. The number of rotatable bonds is 9. The molecule has 1 atom stereocenters. The van der Waals surface area contributed by atoms with Crippen LogP contribution >= 0.6 is 11.3 Å². The van der Waals surface area contributed by atoms with Crippen molar-refractivity contribution in [3.63, 3.8) is 0 Å². The molecule has 9 heteroatoms. The van der Waals surface area contributed by atoms with E-state index in [0.29, 0.717) is 18.5 Å². The van der Waals surface area contributed by atoms with Crippen LogP contribution in [0.15, 0.2) is 90.0 Å². The van der Waals surface area contributed by atoms with Crippen LogP contribution in [-0.4, -0.2) is 34.6 Å². The van der Waals surface area contributed by atoms with Gasteiger partial charge in [-0.1, -0.05) is 42.5 Å². The van der Waals surface area contributed by atoms with Crippen LogP contribution in [0.1, 0.15) is 11.3 Å². The minimum absolute atomic E-state index is 0.169. The van der Waals surface area contributed by atoms with Crippen molar-refractivity contribution in [2.45, 2.75) is 25.2 Å². The molecule has 0 bridgehead atoms. The van der Waals surface area contributed by atoms with Gasteiger partial charge in [0, 0.05) is 42.6 Å². The number of carbonyl (C=O) groups excluding carboxylic acids is 1. The van der Waals surface area contributed by atoms with Crippen molar-refractivity contribution in [3.05, 3.63) is 101 Å². The second-order valence-electron chi connectivity index (χ2n) is 7.95. The van der Waals surface area contributed by atoms with Crippen molar-refractivity contribution in [3.8, 4) is 11.1 Å². The molecule has 35 heavy (non-hydrogen) atoms. The lowest BCUT2D eigenvalue weighted by Crippen LogP contribution is -2.49. The summed E-state index contributed by atoms with van der Waals surface area (Å²) in [6, 6.07) is 19.1. The van der Waals surface area contributed by atoms with Crippen molar-refractivity contribution in [2.24, 2.45) is 0 Å². The molecule has 2 aromatic carbocycles. The Hall–Kier alpha value is -3.56. The fourth-order valence-electron chi connectivity index (χ4n) is 3.75. The average Bonchev–Trinajstić information content (AvgIpc) is 3.40. The zero-order chi connectivity index (χ0) is 24.7. The van der Waals surface area contributed by atoms with Gasteiger partial charge in [0.2, 0.25) is 0 Å². The standard InChI is InChI=1S/C26H23F3N4OS/c27-26(28,29)25(34)33(24-8-4-7-21(14-24)20-9-11-30-12-10-20)16-22(13-19-5-2-1-3-6-19)31-15-23-17-35-18-32-23/h1-12,14,17-18,22,31H,13,15-16H2/t22-/m1/s1. The highest BCUT2D eigenvalue weighted by Crippen LogP contribution is 2.28. The van der Waals surface area contributed by atoms with E-state index in [-0.39, 0.29) is 12.2 Å². The lowest BCUT2D eigenvalue weighted by atomic mass is 10.0. The number of benzene rings is 2. The molecule has 0 saturated carbocycles. The highest BCUT2D eigenvalue weighted by molar-refractivity contribution is 7.07. The minimum atomic E-state index is -5.01. The minimum Gasteiger partial charge on any atom is -0.306 e. The number of hydrogen-bond donors (Lipinski definition) is 1. The third-order valence-electron chi connectivity index (χ3n) is 5.44. The molecule has 180 valence electrons. The van der Waals surface area contributed by atoms with Crippen LogP contribution in [0.3, 0.4) is 0 Å². The first kappa shape index (κ1) is 24.6. The van der Waals surface area contributed by atoms with E-state index >= 15 is 0 Å². The number of nitrogens with one attached hydrogen (secondary N) is 1. The second-order valence-corrected chi connectivity index (χ2v) is 8.67. The maximum atomic E-state index is 13.7. The maximum Gasteiger partial charge on any atom is 0.471 e. The molecule has 0 unspecified atom stereocenters. The van der Waals surface area contributed by atoms with Gasteiger partial charge in [-0.05, 0) is 47.4 Å². The van der Waals surface area contributed by atoms with Crippen molar-refractivity contribution in [2.75, 3.05) is 11.4 Å². The third kappa shape index (κ3) is 6.74. The van der Waals surface area contributed by atoms with Gasteiger partial charge in [0.15, 0.2) is 0 Å². The number of amides is 1. The normalized spacial score (nSPS) is 12.3. The molecule has 0 aliphatic heterocycles. The Kier molecular flexibility index (Phi) is 7.89. The Labute approximate surface area is 205 Å². The average molecular weight is 497 g/mol. The van der Waals surface area contributed by atoms with Gasteiger partial charge < -0.3 is 10.2 Å². The van der Waals surface area contributed by atoms with E-state index < -0.39 is 18.1 Å². The summed E-state index contributed by atoms with van der Waals surface area (Å²) in [5.41, 5.74) is 5.11. The molecule has 0 spiro atoms. The van der Waals surface area contributed by atoms with E-state index in [4.69, 9.17) is 0 Å². The Morgan fingerprint density at radius 1 is 1.00 bits per heavy atom. The number of carbonyl (C=O) groups is 1. The molecule has 0 saturated heterocycles. The molecule has 1 amide bonds. The quantitative estimate of drug-likeness (QED) is 0.332. The predicted octanol–water partition coefficient (Wildman–Crippen LogP) is 5.50. The van der Waals surface area contributed by atoms with Crippen molar-refractivity contribution in [1.29, 1.82) is 0 Å². The number of pyridine rings is 1. The number of aromatic nitrogens is 2. The molecule has 0 aliphatic carbocycles. The van der Waals surface area contributed by atoms with E-state index in [1.54, 1.807) is 48.2 Å². The highest BCUT2D eigenvalue weighted by atomic mass is 32.1. The van der Waals surface area contributed by atoms with E-state index in [1.165, 1.54) is 17.4 Å². The molecule has 2 heterocycles. The Morgan fingerprint density at radius 3 is 2.46 bits per heavy atom. The Bertz CT molecular complexity index is 1220. The molecule has 2 aromatic heterocycles. The molecular formula is C26H23F3N4OS. The Balaban J connectivity index is 1.65. The van der Waals surface area contributed by atoms with Crippen LogP contribution in [0.4, 0.5) is 18.9 Å². The summed E-state index contributed by atoms with van der Waals surface area (Å²) in [6.45, 7) is 0.212. The fraction of sp³-hybridized carbons (Fsp3) is 0.192. The van der Waals surface area contributed by atoms with Crippen LogP contribution in [0.2, 0.25) is 0 Å². The fourth-order valence-corrected chi connectivity index (χ4v) is 4.31. The van der Waals surface area contributed by atoms with Crippen LogP contribution < -0.4 is 10.2 Å². The molecule has 5 nitrogen and oxygen atoms in total. The summed E-state index contributed by atoms with van der Waals surface area (Å²) in [5, 5.41) is 5.18. The number of hydrogen-bond acceptors (Lipinski definition) is 5. The highest BCUT2D eigenvalue weighted by Gasteiger charge is 2.43. The van der Waals surface area contributed by atoms with E-state index in [0.717, 1.165) is 21.7 Å². The summed E-state index contributed by atoms with van der Waals surface area (Å²) in [4.78, 5) is 21.6. The van der Waals surface area contributed by atoms with E-state index in [9.17, 15) is 18.0 Å². The molecule has 4 aromatic rings. The lowest BCUT2D eigenvalue weighted by molar-refractivity contribution is -0.170. The zero-order valence-corrected chi connectivity index (χ0v) is 19.5. The lowest BCUT2D eigenvalue weighted by Gasteiger charge is -2.29. The van der Waals surface area contributed by atoms with E-state index in [1.807, 2.05) is 35.7 Å². The van der Waals surface area contributed by atoms with Crippen molar-refractivity contribution in [1.82, 2.24) is 15.3 Å². The first-order chi connectivity index (χ1) is 16.9. The number of alkyl halides is 3. The van der Waals surface area contributed by atoms with Gasteiger partial charge >= 0.3 is 12.1 Å². The number of anilines is 1. The Morgan fingerprint density at radius 2 is 1.77 bits per heavy atom. The summed E-state index contributed by atoms with van der Waals surface area (Å²) >= 11 is 1.44. The maximum absolute atomic E-state index is 13.7. The summed E-state index contributed by atoms with van der Waals surface area (Å²) in [6.07, 6.45) is -1.35. The van der Waals surface area contributed by atoms with Crippen LogP contribution in [0.25, 0.3) is 11.1 Å². The summed E-state index contributed by atoms with van der Waals surface area (Å²) in [7, 11) is 0. The largest absolute Gasteiger partial charge is 0.471 e. The molecule has 4 rings (SSSR count). The molecular weight excluding hydrogens is 473 g/mol. The van der Waals surface area contributed by atoms with Crippen molar-refractivity contribution < 1.29 is 18.0 Å². The van der Waals surface area contributed by atoms with Gasteiger partial charge in [0.25, 0.3) is 0 Å². The van der Waals surface area contributed by atoms with Crippen LogP contribution in [-0.2, 0) is 17.8 Å². The van der Waals surface area contributed by atoms with Gasteiger partial charge in [0.05, 0.1) is 11.2 Å². The van der Waals surface area contributed by atoms with Crippen molar-refractivity contribution >= 4 is 22.9 Å². The van der Waals surface area contributed by atoms with Crippen LogP contribution in [0.5, 0.6) is 0 Å². The topological polar surface area (TPSA) is 58.1 Å². The number of thiazole rings is 1. The van der Waals surface area contributed by atoms with Gasteiger partial charge in [-0.25, -0.2) is 4.98 Å².